The molecule has 0 atom stereocenters. The Morgan fingerprint density at radius 3 is 2.55 bits per heavy atom. The lowest BCUT2D eigenvalue weighted by molar-refractivity contribution is 0.0728. The van der Waals surface area contributed by atoms with Gasteiger partial charge in [0.25, 0.3) is 0 Å². The second-order valence-corrected chi connectivity index (χ2v) is 4.27. The van der Waals surface area contributed by atoms with Gasteiger partial charge in [-0.1, -0.05) is 6.07 Å². The SMILES string of the molecule is CN(C)/N=C/c1ccc(OC(=O)c2ccccn2)cc1. The summed E-state index contributed by atoms with van der Waals surface area (Å²) < 4.78 is 5.22. The molecule has 5 heteroatoms. The second kappa shape index (κ2) is 6.47. The van der Waals surface area contributed by atoms with Gasteiger partial charge in [0.1, 0.15) is 11.4 Å². The molecule has 2 aromatic rings. The van der Waals surface area contributed by atoms with Crippen molar-refractivity contribution in [2.24, 2.45) is 5.10 Å². The number of pyridine rings is 1. The first-order valence-electron chi connectivity index (χ1n) is 6.10. The fourth-order valence-corrected chi connectivity index (χ4v) is 1.45. The molecule has 102 valence electrons. The largest absolute Gasteiger partial charge is 0.422 e. The molecular formula is C15H15N3O2. The summed E-state index contributed by atoms with van der Waals surface area (Å²) in [6, 6.07) is 12.2. The van der Waals surface area contributed by atoms with E-state index in [0.717, 1.165) is 5.56 Å². The molecule has 0 radical (unpaired) electrons. The van der Waals surface area contributed by atoms with Crippen LogP contribution in [0.4, 0.5) is 0 Å². The standard InChI is InChI=1S/C15H15N3O2/c1-18(2)17-11-12-6-8-13(9-7-12)20-15(19)14-5-3-4-10-16-14/h3-11H,1-2H3/b17-11+. The van der Waals surface area contributed by atoms with Gasteiger partial charge in [-0.15, -0.1) is 0 Å². The number of carbonyl (C=O) groups excluding carboxylic acids is 1. The van der Waals surface area contributed by atoms with E-state index in [0.29, 0.717) is 5.75 Å². The fourth-order valence-electron chi connectivity index (χ4n) is 1.45. The highest BCUT2D eigenvalue weighted by Crippen LogP contribution is 2.13. The van der Waals surface area contributed by atoms with Gasteiger partial charge in [0.15, 0.2) is 0 Å². The molecule has 0 aliphatic heterocycles. The van der Waals surface area contributed by atoms with E-state index in [1.54, 1.807) is 47.8 Å². The summed E-state index contributed by atoms with van der Waals surface area (Å²) in [5.74, 6) is 0.00275. The predicted molar refractivity (Wildman–Crippen MR) is 76.9 cm³/mol. The van der Waals surface area contributed by atoms with Crippen LogP contribution in [0.3, 0.4) is 0 Å². The topological polar surface area (TPSA) is 54.8 Å². The molecule has 0 saturated carbocycles. The highest BCUT2D eigenvalue weighted by molar-refractivity contribution is 5.89. The fraction of sp³-hybridized carbons (Fsp3) is 0.133. The van der Waals surface area contributed by atoms with Gasteiger partial charge in [-0.05, 0) is 42.0 Å². The van der Waals surface area contributed by atoms with Crippen LogP contribution < -0.4 is 4.74 Å². The molecule has 0 N–H and O–H groups in total. The van der Waals surface area contributed by atoms with Crippen LogP contribution in [0.2, 0.25) is 0 Å². The van der Waals surface area contributed by atoms with Crippen molar-refractivity contribution >= 4 is 12.2 Å². The Hall–Kier alpha value is -2.69. The van der Waals surface area contributed by atoms with Crippen molar-refractivity contribution in [1.82, 2.24) is 9.99 Å². The minimum Gasteiger partial charge on any atom is -0.422 e. The van der Waals surface area contributed by atoms with E-state index in [1.807, 2.05) is 26.2 Å². The van der Waals surface area contributed by atoms with E-state index in [-0.39, 0.29) is 5.69 Å². The van der Waals surface area contributed by atoms with E-state index in [1.165, 1.54) is 0 Å². The van der Waals surface area contributed by atoms with E-state index >= 15 is 0 Å². The van der Waals surface area contributed by atoms with Crippen molar-refractivity contribution in [2.75, 3.05) is 14.1 Å². The van der Waals surface area contributed by atoms with Gasteiger partial charge in [-0.2, -0.15) is 5.10 Å². The van der Waals surface area contributed by atoms with Crippen LogP contribution in [-0.4, -0.2) is 36.3 Å². The maximum atomic E-state index is 11.8. The van der Waals surface area contributed by atoms with Gasteiger partial charge in [0.05, 0.1) is 6.21 Å². The number of nitrogens with zero attached hydrogens (tertiary/aromatic N) is 3. The normalized spacial score (nSPS) is 10.5. The van der Waals surface area contributed by atoms with Crippen molar-refractivity contribution in [3.63, 3.8) is 0 Å². The third-order valence-corrected chi connectivity index (χ3v) is 2.40. The molecule has 5 nitrogen and oxygen atoms in total. The Morgan fingerprint density at radius 2 is 1.95 bits per heavy atom. The zero-order chi connectivity index (χ0) is 14.4. The van der Waals surface area contributed by atoms with E-state index in [2.05, 4.69) is 10.1 Å². The number of aromatic nitrogens is 1. The Bertz CT molecular complexity index is 592. The average molecular weight is 269 g/mol. The summed E-state index contributed by atoms with van der Waals surface area (Å²) in [4.78, 5) is 15.7. The monoisotopic (exact) mass is 269 g/mol. The summed E-state index contributed by atoms with van der Waals surface area (Å²) in [5.41, 5.74) is 1.21. The molecule has 0 amide bonds. The summed E-state index contributed by atoms with van der Waals surface area (Å²) >= 11 is 0. The molecule has 1 aromatic carbocycles. The van der Waals surface area contributed by atoms with Crippen LogP contribution in [0.1, 0.15) is 16.1 Å². The van der Waals surface area contributed by atoms with Gasteiger partial charge >= 0.3 is 5.97 Å². The first-order valence-corrected chi connectivity index (χ1v) is 6.10. The number of rotatable bonds is 4. The highest BCUT2D eigenvalue weighted by Gasteiger charge is 2.08. The number of hydrogen-bond acceptors (Lipinski definition) is 5. The molecule has 1 heterocycles. The third kappa shape index (κ3) is 3.91. The smallest absolute Gasteiger partial charge is 0.362 e. The number of hydrazone groups is 1. The van der Waals surface area contributed by atoms with Crippen molar-refractivity contribution in [3.8, 4) is 5.75 Å². The Labute approximate surface area is 117 Å². The minimum absolute atomic E-state index is 0.283. The summed E-state index contributed by atoms with van der Waals surface area (Å²) in [6.45, 7) is 0. The average Bonchev–Trinajstić information content (AvgIpc) is 2.47. The number of esters is 1. The van der Waals surface area contributed by atoms with Crippen molar-refractivity contribution in [2.45, 2.75) is 0 Å². The first kappa shape index (κ1) is 13.7. The van der Waals surface area contributed by atoms with Crippen LogP contribution in [0, 0.1) is 0 Å². The zero-order valence-corrected chi connectivity index (χ0v) is 11.4. The molecule has 0 unspecified atom stereocenters. The Kier molecular flexibility index (Phi) is 4.44. The molecule has 2 rings (SSSR count). The molecule has 0 fully saturated rings. The van der Waals surface area contributed by atoms with Gasteiger partial charge in [-0.3, -0.25) is 0 Å². The summed E-state index contributed by atoms with van der Waals surface area (Å²) in [7, 11) is 3.69. The lowest BCUT2D eigenvalue weighted by Gasteiger charge is -2.04. The van der Waals surface area contributed by atoms with Crippen LogP contribution in [0.5, 0.6) is 5.75 Å². The molecule has 0 aliphatic rings. The van der Waals surface area contributed by atoms with Gasteiger partial charge in [-0.25, -0.2) is 9.78 Å². The van der Waals surface area contributed by atoms with Crippen LogP contribution >= 0.6 is 0 Å². The maximum absolute atomic E-state index is 11.8. The quantitative estimate of drug-likeness (QED) is 0.369. The molecule has 1 aromatic heterocycles. The number of hydrogen-bond donors (Lipinski definition) is 0. The molecule has 0 bridgehead atoms. The molecule has 0 saturated heterocycles. The summed E-state index contributed by atoms with van der Waals surface area (Å²) in [5, 5.41) is 5.83. The number of carbonyl (C=O) groups is 1. The molecular weight excluding hydrogens is 254 g/mol. The maximum Gasteiger partial charge on any atom is 0.362 e. The molecule has 0 spiro atoms. The van der Waals surface area contributed by atoms with E-state index in [9.17, 15) is 4.79 Å². The zero-order valence-electron chi connectivity index (χ0n) is 11.4. The van der Waals surface area contributed by atoms with E-state index in [4.69, 9.17) is 4.74 Å². The lowest BCUT2D eigenvalue weighted by atomic mass is 10.2. The van der Waals surface area contributed by atoms with Crippen molar-refractivity contribution < 1.29 is 9.53 Å². The lowest BCUT2D eigenvalue weighted by Crippen LogP contribution is -2.10. The number of ether oxygens (including phenoxy) is 1. The Balaban J connectivity index is 2.02. The first-order chi connectivity index (χ1) is 9.65. The van der Waals surface area contributed by atoms with Crippen molar-refractivity contribution in [1.29, 1.82) is 0 Å². The van der Waals surface area contributed by atoms with Gasteiger partial charge < -0.3 is 9.75 Å². The number of benzene rings is 1. The predicted octanol–water partition coefficient (Wildman–Crippen LogP) is 2.20. The summed E-state index contributed by atoms with van der Waals surface area (Å²) in [6.07, 6.45) is 3.28. The minimum atomic E-state index is -0.472. The Morgan fingerprint density at radius 1 is 1.20 bits per heavy atom. The van der Waals surface area contributed by atoms with Crippen LogP contribution in [-0.2, 0) is 0 Å². The van der Waals surface area contributed by atoms with Gasteiger partial charge in [0, 0.05) is 20.3 Å². The van der Waals surface area contributed by atoms with Crippen molar-refractivity contribution in [3.05, 3.63) is 59.9 Å². The highest BCUT2D eigenvalue weighted by atomic mass is 16.5. The van der Waals surface area contributed by atoms with E-state index < -0.39 is 5.97 Å². The van der Waals surface area contributed by atoms with Crippen LogP contribution in [0.15, 0.2) is 53.8 Å². The third-order valence-electron chi connectivity index (χ3n) is 2.40. The van der Waals surface area contributed by atoms with Gasteiger partial charge in [0.2, 0.25) is 0 Å². The molecule has 20 heavy (non-hydrogen) atoms. The second-order valence-electron chi connectivity index (χ2n) is 4.27. The van der Waals surface area contributed by atoms with Crippen LogP contribution in [0.25, 0.3) is 0 Å². The molecule has 0 aliphatic carbocycles.